The van der Waals surface area contributed by atoms with E-state index in [1.807, 2.05) is 19.1 Å². The number of nitrogens with one attached hydrogen (secondary N) is 1. The Morgan fingerprint density at radius 1 is 0.971 bits per heavy atom. The summed E-state index contributed by atoms with van der Waals surface area (Å²) in [5, 5.41) is 2.90. The van der Waals surface area contributed by atoms with Crippen LogP contribution >= 0.6 is 0 Å². The van der Waals surface area contributed by atoms with Crippen molar-refractivity contribution >= 4 is 21.6 Å². The van der Waals surface area contributed by atoms with E-state index in [4.69, 9.17) is 9.47 Å². The van der Waals surface area contributed by atoms with Crippen LogP contribution in [0.4, 0.5) is 5.69 Å². The Hall–Kier alpha value is -2.78. The van der Waals surface area contributed by atoms with E-state index in [1.165, 1.54) is 10.4 Å². The Balaban J connectivity index is 1.57. The number of anilines is 1. The van der Waals surface area contributed by atoms with Gasteiger partial charge in [0.05, 0.1) is 19.4 Å². The standard InChI is InChI=1S/C25H33N3O5S/c1-3-33-23-16-19(8-11-22(23)32-2)18-26-25(29)20-9-10-21(27-12-4-5-13-27)24(17-20)34(30,31)28-14-6-7-15-28/h8-11,16-17H,3-7,12-15,18H2,1-2H3,(H,26,29). The minimum absolute atomic E-state index is 0.229. The molecular formula is C25H33N3O5S. The maximum absolute atomic E-state index is 13.5. The van der Waals surface area contributed by atoms with Gasteiger partial charge in [-0.25, -0.2) is 8.42 Å². The second-order valence-electron chi connectivity index (χ2n) is 8.59. The molecule has 2 aliphatic rings. The first-order valence-electron chi connectivity index (χ1n) is 11.9. The fourth-order valence-electron chi connectivity index (χ4n) is 4.53. The molecule has 0 radical (unpaired) electrons. The maximum Gasteiger partial charge on any atom is 0.251 e. The van der Waals surface area contributed by atoms with Gasteiger partial charge in [-0.3, -0.25) is 4.79 Å². The Morgan fingerprint density at radius 2 is 1.68 bits per heavy atom. The van der Waals surface area contributed by atoms with E-state index in [1.54, 1.807) is 25.3 Å². The summed E-state index contributed by atoms with van der Waals surface area (Å²) in [6, 6.07) is 10.5. The second-order valence-corrected chi connectivity index (χ2v) is 10.5. The number of rotatable bonds is 9. The molecule has 0 unspecified atom stereocenters. The van der Waals surface area contributed by atoms with Crippen LogP contribution in [0.1, 0.15) is 48.5 Å². The number of hydrogen-bond donors (Lipinski definition) is 1. The van der Waals surface area contributed by atoms with Gasteiger partial charge in [0.2, 0.25) is 10.0 Å². The van der Waals surface area contributed by atoms with Crippen molar-refractivity contribution in [2.24, 2.45) is 0 Å². The van der Waals surface area contributed by atoms with Gasteiger partial charge in [-0.05, 0) is 68.5 Å². The fraction of sp³-hybridized carbons (Fsp3) is 0.480. The fourth-order valence-corrected chi connectivity index (χ4v) is 6.29. The summed E-state index contributed by atoms with van der Waals surface area (Å²) in [7, 11) is -2.09. The lowest BCUT2D eigenvalue weighted by Gasteiger charge is -2.24. The molecule has 0 saturated carbocycles. The molecule has 2 aromatic rings. The van der Waals surface area contributed by atoms with Crippen molar-refractivity contribution in [3.8, 4) is 11.5 Å². The molecule has 2 aromatic carbocycles. The molecule has 1 N–H and O–H groups in total. The number of hydrogen-bond acceptors (Lipinski definition) is 6. The summed E-state index contributed by atoms with van der Waals surface area (Å²) < 4.78 is 39.4. The first-order valence-corrected chi connectivity index (χ1v) is 13.3. The molecule has 0 aromatic heterocycles. The largest absolute Gasteiger partial charge is 0.493 e. The van der Waals surface area contributed by atoms with Gasteiger partial charge in [-0.1, -0.05) is 6.07 Å². The lowest BCUT2D eigenvalue weighted by atomic mass is 10.1. The van der Waals surface area contributed by atoms with E-state index in [0.717, 1.165) is 44.3 Å². The molecule has 0 spiro atoms. The molecular weight excluding hydrogens is 454 g/mol. The van der Waals surface area contributed by atoms with Crippen LogP contribution in [-0.4, -0.2) is 58.5 Å². The molecule has 184 valence electrons. The number of amides is 1. The Morgan fingerprint density at radius 3 is 2.35 bits per heavy atom. The SMILES string of the molecule is CCOc1cc(CNC(=O)c2ccc(N3CCCC3)c(S(=O)(=O)N3CCCC3)c2)ccc1OC. The van der Waals surface area contributed by atoms with Crippen LogP contribution in [0.3, 0.4) is 0 Å². The minimum atomic E-state index is -3.67. The molecule has 0 aliphatic carbocycles. The molecule has 9 heteroatoms. The number of carbonyl (C=O) groups excluding carboxylic acids is 1. The topological polar surface area (TPSA) is 88.2 Å². The zero-order chi connectivity index (χ0) is 24.1. The highest BCUT2D eigenvalue weighted by atomic mass is 32.2. The van der Waals surface area contributed by atoms with E-state index in [9.17, 15) is 13.2 Å². The van der Waals surface area contributed by atoms with Gasteiger partial charge in [-0.2, -0.15) is 4.31 Å². The highest BCUT2D eigenvalue weighted by Gasteiger charge is 2.32. The third-order valence-electron chi connectivity index (χ3n) is 6.33. The second kappa shape index (κ2) is 10.7. The van der Waals surface area contributed by atoms with Crippen LogP contribution < -0.4 is 19.7 Å². The Bertz CT molecular complexity index is 1120. The zero-order valence-electron chi connectivity index (χ0n) is 19.9. The normalized spacial score (nSPS) is 16.6. The smallest absolute Gasteiger partial charge is 0.251 e. The molecule has 2 aliphatic heterocycles. The predicted octanol–water partition coefficient (Wildman–Crippen LogP) is 3.41. The number of methoxy groups -OCH3 is 1. The maximum atomic E-state index is 13.5. The van der Waals surface area contributed by atoms with Gasteiger partial charge < -0.3 is 19.7 Å². The van der Waals surface area contributed by atoms with E-state index >= 15 is 0 Å². The van der Waals surface area contributed by atoms with Crippen molar-refractivity contribution in [1.82, 2.24) is 9.62 Å². The predicted molar refractivity (Wildman–Crippen MR) is 131 cm³/mol. The van der Waals surface area contributed by atoms with Crippen LogP contribution in [0.25, 0.3) is 0 Å². The molecule has 1 amide bonds. The summed E-state index contributed by atoms with van der Waals surface area (Å²) >= 11 is 0. The molecule has 4 rings (SSSR count). The number of benzene rings is 2. The Labute approximate surface area is 201 Å². The number of ether oxygens (including phenoxy) is 2. The molecule has 2 fully saturated rings. The van der Waals surface area contributed by atoms with Gasteiger partial charge in [-0.15, -0.1) is 0 Å². The molecule has 2 saturated heterocycles. The molecule has 8 nitrogen and oxygen atoms in total. The highest BCUT2D eigenvalue weighted by Crippen LogP contribution is 2.33. The summed E-state index contributed by atoms with van der Waals surface area (Å²) in [5.41, 5.74) is 1.88. The van der Waals surface area contributed by atoms with E-state index in [0.29, 0.717) is 42.4 Å². The quantitative estimate of drug-likeness (QED) is 0.583. The average molecular weight is 488 g/mol. The van der Waals surface area contributed by atoms with Crippen molar-refractivity contribution in [3.05, 3.63) is 47.5 Å². The molecule has 2 heterocycles. The van der Waals surface area contributed by atoms with Crippen molar-refractivity contribution in [2.45, 2.75) is 44.0 Å². The van der Waals surface area contributed by atoms with Crippen LogP contribution in [0.5, 0.6) is 11.5 Å². The van der Waals surface area contributed by atoms with Crippen LogP contribution in [0.15, 0.2) is 41.3 Å². The average Bonchev–Trinajstić information content (AvgIpc) is 3.57. The summed E-state index contributed by atoms with van der Waals surface area (Å²) in [6.45, 7) is 5.39. The minimum Gasteiger partial charge on any atom is -0.493 e. The van der Waals surface area contributed by atoms with Gasteiger partial charge in [0, 0.05) is 38.3 Å². The molecule has 0 bridgehead atoms. The highest BCUT2D eigenvalue weighted by molar-refractivity contribution is 7.89. The number of carbonyl (C=O) groups is 1. The van der Waals surface area contributed by atoms with Gasteiger partial charge in [0.1, 0.15) is 4.90 Å². The van der Waals surface area contributed by atoms with Crippen LogP contribution in [0, 0.1) is 0 Å². The van der Waals surface area contributed by atoms with Gasteiger partial charge in [0.15, 0.2) is 11.5 Å². The van der Waals surface area contributed by atoms with Gasteiger partial charge in [0.25, 0.3) is 5.91 Å². The summed E-state index contributed by atoms with van der Waals surface area (Å²) in [6.07, 6.45) is 3.81. The first kappa shape index (κ1) is 24.3. The lowest BCUT2D eigenvalue weighted by molar-refractivity contribution is 0.0950. The summed E-state index contributed by atoms with van der Waals surface area (Å²) in [5.74, 6) is 0.927. The zero-order valence-corrected chi connectivity index (χ0v) is 20.7. The van der Waals surface area contributed by atoms with Crippen LogP contribution in [-0.2, 0) is 16.6 Å². The van der Waals surface area contributed by atoms with Gasteiger partial charge >= 0.3 is 0 Å². The number of sulfonamides is 1. The van der Waals surface area contributed by atoms with E-state index < -0.39 is 10.0 Å². The lowest BCUT2D eigenvalue weighted by Crippen LogP contribution is -2.31. The monoisotopic (exact) mass is 487 g/mol. The third-order valence-corrected chi connectivity index (χ3v) is 8.26. The van der Waals surface area contributed by atoms with Crippen molar-refractivity contribution in [1.29, 1.82) is 0 Å². The third kappa shape index (κ3) is 5.15. The summed E-state index contributed by atoms with van der Waals surface area (Å²) in [4.78, 5) is 15.3. The number of nitrogens with zero attached hydrogens (tertiary/aromatic N) is 2. The van der Waals surface area contributed by atoms with Crippen molar-refractivity contribution in [3.63, 3.8) is 0 Å². The molecule has 34 heavy (non-hydrogen) atoms. The first-order chi connectivity index (χ1) is 16.4. The van der Waals surface area contributed by atoms with E-state index in [-0.39, 0.29) is 17.3 Å². The molecule has 0 atom stereocenters. The Kier molecular flexibility index (Phi) is 7.63. The van der Waals surface area contributed by atoms with Crippen molar-refractivity contribution < 1.29 is 22.7 Å². The van der Waals surface area contributed by atoms with Crippen LogP contribution in [0.2, 0.25) is 0 Å². The van der Waals surface area contributed by atoms with Crippen molar-refractivity contribution in [2.75, 3.05) is 44.8 Å². The van der Waals surface area contributed by atoms with E-state index in [2.05, 4.69) is 10.2 Å².